The first kappa shape index (κ1) is 62.1. The molecule has 0 saturated carbocycles. The first-order chi connectivity index (χ1) is 35.1. The van der Waals surface area contributed by atoms with Crippen molar-refractivity contribution >= 4 is 44.3 Å². The zero-order valence-electron chi connectivity index (χ0n) is 46.4. The SMILES string of the molecule is CCOCn1c(Cc2ccccc2)c(C(C)C)c(=O)[nH]c1=O.Cc1cn([C@@H]2O[C@H](CO[Si](C)(C)C(C)(C)C)C3(OS(=O)(=O)C=C3N)[C@H]2O[Si](C)(C)C(C)(C)C)c(=O)n(C)c1=O.Nc1ccn([C@H]2CS[C@H](CO)O2)c(=O)n1. The minimum Gasteiger partial charge on any atom is -0.414 e. The molecule has 6 atom stereocenters. The van der Waals surface area contributed by atoms with Crippen LogP contribution in [0.5, 0.6) is 0 Å². The first-order valence-corrected chi connectivity index (χ1v) is 33.4. The predicted molar refractivity (Wildman–Crippen MR) is 297 cm³/mol. The molecule has 6 N–H and O–H groups in total. The zero-order chi connectivity index (χ0) is 57.1. The van der Waals surface area contributed by atoms with Gasteiger partial charge < -0.3 is 39.6 Å². The summed E-state index contributed by atoms with van der Waals surface area (Å²) in [7, 11) is -7.77. The Morgan fingerprint density at radius 2 is 1.59 bits per heavy atom. The first-order valence-electron chi connectivity index (χ1n) is 25.0. The fourth-order valence-corrected chi connectivity index (χ4v) is 12.5. The van der Waals surface area contributed by atoms with Crippen molar-refractivity contribution in [3.8, 4) is 0 Å². The summed E-state index contributed by atoms with van der Waals surface area (Å²) in [6, 6.07) is 11.4. The number of nitrogen functional groups attached to an aromatic ring is 1. The lowest BCUT2D eigenvalue weighted by atomic mass is 9.89. The number of aromatic nitrogens is 6. The number of nitrogens with two attached hydrogens (primary N) is 2. The van der Waals surface area contributed by atoms with Crippen molar-refractivity contribution in [1.82, 2.24) is 28.2 Å². The van der Waals surface area contributed by atoms with Crippen LogP contribution in [-0.4, -0.2) is 107 Å². The van der Waals surface area contributed by atoms with Gasteiger partial charge in [0.1, 0.15) is 36.4 Å². The molecule has 4 aromatic rings. The average molecular weight is 1140 g/mol. The van der Waals surface area contributed by atoms with E-state index in [-0.39, 0.29) is 64.7 Å². The van der Waals surface area contributed by atoms with Crippen LogP contribution < -0.4 is 39.7 Å². The molecule has 3 aliphatic rings. The number of thioether (sulfide) groups is 1. The van der Waals surface area contributed by atoms with Gasteiger partial charge in [-0.1, -0.05) is 85.7 Å². The van der Waals surface area contributed by atoms with Crippen molar-refractivity contribution < 1.29 is 40.8 Å². The minimum atomic E-state index is -4.18. The number of benzene rings is 1. The summed E-state index contributed by atoms with van der Waals surface area (Å²) in [5, 5.41) is 9.34. The number of rotatable bonds is 14. The smallest absolute Gasteiger partial charge is 0.351 e. The highest BCUT2D eigenvalue weighted by atomic mass is 32.2. The van der Waals surface area contributed by atoms with Crippen LogP contribution in [0, 0.1) is 6.92 Å². The van der Waals surface area contributed by atoms with Gasteiger partial charge in [0.15, 0.2) is 28.5 Å². The van der Waals surface area contributed by atoms with Gasteiger partial charge in [-0.25, -0.2) is 18.6 Å². The molecule has 3 aromatic heterocycles. The topological polar surface area (TPSA) is 296 Å². The second kappa shape index (κ2) is 24.1. The Bertz CT molecular complexity index is 3140. The maximum Gasteiger partial charge on any atom is 0.351 e. The summed E-state index contributed by atoms with van der Waals surface area (Å²) in [6.07, 6.45) is -0.182. The van der Waals surface area contributed by atoms with E-state index in [1.54, 1.807) is 19.2 Å². The quantitative estimate of drug-likeness (QED) is 0.0981. The number of nitrogens with one attached hydrogen (secondary N) is 1. The summed E-state index contributed by atoms with van der Waals surface area (Å²) in [5.41, 5.74) is 10.2. The van der Waals surface area contributed by atoms with Crippen LogP contribution in [0.2, 0.25) is 36.3 Å². The summed E-state index contributed by atoms with van der Waals surface area (Å²) in [5.74, 6) is 0.841. The highest BCUT2D eigenvalue weighted by Crippen LogP contribution is 2.52. The molecule has 0 radical (unpaired) electrons. The predicted octanol–water partition coefficient (Wildman–Crippen LogP) is 4.71. The lowest BCUT2D eigenvalue weighted by molar-refractivity contribution is -0.0566. The van der Waals surface area contributed by atoms with Gasteiger partial charge in [0.2, 0.25) is 0 Å². The minimum absolute atomic E-state index is 0.0240. The highest BCUT2D eigenvalue weighted by molar-refractivity contribution is 8.00. The Balaban J connectivity index is 0.000000240. The molecular formula is C50H78N8O14S2Si2. The normalized spacial score (nSPS) is 22.5. The molecule has 0 amide bonds. The van der Waals surface area contributed by atoms with E-state index >= 15 is 0 Å². The zero-order valence-corrected chi connectivity index (χ0v) is 50.0. The van der Waals surface area contributed by atoms with Crippen LogP contribution in [0.1, 0.15) is 103 Å². The highest BCUT2D eigenvalue weighted by Gasteiger charge is 2.67. The molecule has 0 aliphatic carbocycles. The Morgan fingerprint density at radius 3 is 2.12 bits per heavy atom. The number of nitrogens with zero attached hydrogens (tertiary/aromatic N) is 5. The van der Waals surface area contributed by atoms with E-state index < -0.39 is 73.4 Å². The fourth-order valence-electron chi connectivity index (χ4n) is 8.10. The summed E-state index contributed by atoms with van der Waals surface area (Å²) >= 11 is 1.47. The number of aromatic amines is 1. The van der Waals surface area contributed by atoms with Crippen LogP contribution in [0.4, 0.5) is 5.82 Å². The standard InChI is InChI=1S/C25H45N3O8SSi2.C17H22N2O3.C8H11N3O3S/c1-16-13-28(22(30)27(8)20(16)29)21-19(35-39(11,12)24(5,6)7)25(17(26)15-37(31,32)36-25)18(34-21)14-33-38(9,10)23(2,3)4;1-4-22-11-19-14(10-13-8-6-5-7-9-13)15(12(2)3)16(20)18-17(19)21;9-5-1-2-11(8(13)10-5)6-4-15-7(3-12)14-6/h13,15,18-19,21H,14,26H2,1-12H3;5-9,12H,4,10-11H2,1-3H3,(H,18,20,21);1-2,6-7,12H,3-4H2,(H2,9,10,13)/t18-,19+,21-,25?;;6-,7-/m1.1/s1. The molecule has 6 heterocycles. The average Bonchev–Trinajstić information content (AvgIpc) is 3.98. The molecule has 1 unspecified atom stereocenters. The van der Waals surface area contributed by atoms with Crippen molar-refractivity contribution in [2.75, 3.05) is 31.3 Å². The monoisotopic (exact) mass is 1130 g/mol. The van der Waals surface area contributed by atoms with E-state index in [4.69, 9.17) is 43.8 Å². The van der Waals surface area contributed by atoms with Crippen molar-refractivity contribution in [3.05, 3.63) is 134 Å². The van der Waals surface area contributed by atoms with Crippen LogP contribution in [-0.2, 0) is 57.6 Å². The van der Waals surface area contributed by atoms with Crippen molar-refractivity contribution in [1.29, 1.82) is 0 Å². The Kier molecular flexibility index (Phi) is 19.7. The molecule has 26 heteroatoms. The van der Waals surface area contributed by atoms with Crippen LogP contribution in [0.3, 0.4) is 0 Å². The second-order valence-corrected chi connectivity index (χ2v) is 34.4. The number of aliphatic hydroxyl groups is 1. The van der Waals surface area contributed by atoms with E-state index in [0.717, 1.165) is 21.2 Å². The lowest BCUT2D eigenvalue weighted by Gasteiger charge is -2.43. The number of aryl methyl sites for hydroxylation is 1. The van der Waals surface area contributed by atoms with Gasteiger partial charge in [0, 0.05) is 55.0 Å². The Labute approximate surface area is 450 Å². The summed E-state index contributed by atoms with van der Waals surface area (Å²) in [6.45, 7) is 28.5. The molecule has 22 nitrogen and oxygen atoms in total. The van der Waals surface area contributed by atoms with Gasteiger partial charge in [0.05, 0.1) is 24.3 Å². The van der Waals surface area contributed by atoms with Gasteiger partial charge >= 0.3 is 17.1 Å². The number of ether oxygens (including phenoxy) is 3. The number of H-pyrrole nitrogens is 1. The molecule has 422 valence electrons. The van der Waals surface area contributed by atoms with E-state index in [2.05, 4.69) is 43.8 Å². The van der Waals surface area contributed by atoms with Crippen LogP contribution in [0.15, 0.2) is 83.9 Å². The summed E-state index contributed by atoms with van der Waals surface area (Å²) < 4.78 is 67.3. The molecule has 2 saturated heterocycles. The largest absolute Gasteiger partial charge is 0.414 e. The second-order valence-electron chi connectivity index (χ2n) is 22.3. The van der Waals surface area contributed by atoms with E-state index in [0.29, 0.717) is 29.9 Å². The molecule has 7 rings (SSSR count). The third kappa shape index (κ3) is 13.7. The van der Waals surface area contributed by atoms with Crippen molar-refractivity contribution in [2.45, 2.75) is 160 Å². The van der Waals surface area contributed by atoms with Crippen molar-refractivity contribution in [3.63, 3.8) is 0 Å². The lowest BCUT2D eigenvalue weighted by Crippen LogP contribution is -2.59. The van der Waals surface area contributed by atoms with Gasteiger partial charge in [-0.15, -0.1) is 11.8 Å². The number of hydrogen-bond donors (Lipinski definition) is 4. The summed E-state index contributed by atoms with van der Waals surface area (Å²) in [4.78, 5) is 67.7. The molecule has 1 spiro atoms. The van der Waals surface area contributed by atoms with E-state index in [1.165, 1.54) is 38.7 Å². The molecular weight excluding hydrogens is 1060 g/mol. The molecule has 2 fully saturated rings. The number of aliphatic hydroxyl groups excluding tert-OH is 1. The molecule has 3 aliphatic heterocycles. The van der Waals surface area contributed by atoms with Crippen LogP contribution in [0.25, 0.3) is 0 Å². The Morgan fingerprint density at radius 1 is 0.961 bits per heavy atom. The van der Waals surface area contributed by atoms with Gasteiger partial charge in [0.25, 0.3) is 21.2 Å². The Hall–Kier alpha value is -4.75. The third-order valence-corrected chi connectivity index (χ3v) is 25.6. The van der Waals surface area contributed by atoms with Gasteiger partial charge in [-0.05, 0) is 67.7 Å². The van der Waals surface area contributed by atoms with Crippen LogP contribution >= 0.6 is 11.8 Å². The fraction of sp³-hybridized carbons (Fsp3) is 0.600. The third-order valence-electron chi connectivity index (χ3n) is 14.4. The number of anilines is 1. The maximum absolute atomic E-state index is 13.4. The number of hydrogen-bond acceptors (Lipinski definition) is 18. The maximum atomic E-state index is 13.4. The van der Waals surface area contributed by atoms with Gasteiger partial charge in [-0.2, -0.15) is 13.4 Å². The van der Waals surface area contributed by atoms with E-state index in [1.807, 2.05) is 85.0 Å². The van der Waals surface area contributed by atoms with Crippen molar-refractivity contribution in [2.24, 2.45) is 12.8 Å². The van der Waals surface area contributed by atoms with E-state index in [9.17, 15) is 32.4 Å². The molecule has 76 heavy (non-hydrogen) atoms. The van der Waals surface area contributed by atoms with Gasteiger partial charge in [-0.3, -0.25) is 32.8 Å². The molecule has 0 bridgehead atoms. The molecule has 1 aromatic carbocycles.